The summed E-state index contributed by atoms with van der Waals surface area (Å²) in [4.78, 5) is 2.75. The molecule has 0 aliphatic heterocycles. The van der Waals surface area contributed by atoms with Crippen LogP contribution in [0, 0.1) is 17.6 Å². The Morgan fingerprint density at radius 3 is 2.25 bits per heavy atom. The molecule has 0 spiro atoms. The van der Waals surface area contributed by atoms with Crippen molar-refractivity contribution >= 4 is 12.7 Å². The molecule has 1 rings (SSSR count). The van der Waals surface area contributed by atoms with E-state index in [4.69, 9.17) is 10.0 Å². The highest BCUT2D eigenvalue weighted by molar-refractivity contribution is 6.57. The van der Waals surface area contributed by atoms with Crippen molar-refractivity contribution in [2.45, 2.75) is 0 Å². The van der Waals surface area contributed by atoms with Gasteiger partial charge in [-0.25, -0.2) is 9.37 Å². The van der Waals surface area contributed by atoms with E-state index in [0.29, 0.717) is 6.07 Å². The van der Waals surface area contributed by atoms with Crippen molar-refractivity contribution in [3.8, 4) is 0 Å². The van der Waals surface area contributed by atoms with Crippen LogP contribution in [0.1, 0.15) is 0 Å². The van der Waals surface area contributed by atoms with E-state index in [0.717, 1.165) is 0 Å². The lowest BCUT2D eigenvalue weighted by molar-refractivity contribution is 0.410. The quantitative estimate of drug-likeness (QED) is 0.435. The lowest BCUT2D eigenvalue weighted by Gasteiger charge is -1.99. The Kier molecular flexibility index (Phi) is 2.34. The van der Waals surface area contributed by atoms with Gasteiger partial charge in [0.25, 0.3) is 5.95 Å². The van der Waals surface area contributed by atoms with Gasteiger partial charge in [0, 0.05) is 0 Å². The summed E-state index contributed by atoms with van der Waals surface area (Å²) in [5, 5.41) is 16.8. The highest BCUT2D eigenvalue weighted by atomic mass is 19.2. The maximum Gasteiger partial charge on any atom is 0.508 e. The first-order valence-corrected chi connectivity index (χ1v) is 2.90. The van der Waals surface area contributed by atoms with Gasteiger partial charge in [-0.1, -0.05) is 0 Å². The Morgan fingerprint density at radius 2 is 1.83 bits per heavy atom. The van der Waals surface area contributed by atoms with Crippen LogP contribution in [0.5, 0.6) is 0 Å². The van der Waals surface area contributed by atoms with Crippen molar-refractivity contribution in [1.82, 2.24) is 4.98 Å². The standard InChI is InChI=1S/C5H3BF3NO2/c7-2-1-3(6(11)12)10-5(9)4(2)8/h1,11-12H. The molecule has 0 amide bonds. The summed E-state index contributed by atoms with van der Waals surface area (Å²) in [6, 6.07) is 0.406. The maximum absolute atomic E-state index is 12.3. The first-order chi connectivity index (χ1) is 5.52. The SMILES string of the molecule is OB(O)c1cc(F)c(F)c(F)n1. The first kappa shape index (κ1) is 9.02. The van der Waals surface area contributed by atoms with Gasteiger partial charge < -0.3 is 10.0 Å². The van der Waals surface area contributed by atoms with Crippen molar-refractivity contribution in [3.63, 3.8) is 0 Å². The summed E-state index contributed by atoms with van der Waals surface area (Å²) in [5.74, 6) is -4.94. The summed E-state index contributed by atoms with van der Waals surface area (Å²) in [7, 11) is -2.12. The second-order valence-corrected chi connectivity index (χ2v) is 2.01. The van der Waals surface area contributed by atoms with E-state index in [9.17, 15) is 13.2 Å². The fraction of sp³-hybridized carbons (Fsp3) is 0. The minimum absolute atomic E-state index is 0.406. The number of rotatable bonds is 1. The molecule has 3 nitrogen and oxygen atoms in total. The second kappa shape index (κ2) is 3.12. The van der Waals surface area contributed by atoms with Gasteiger partial charge in [0.2, 0.25) is 5.82 Å². The fourth-order valence-corrected chi connectivity index (χ4v) is 0.619. The molecule has 7 heteroatoms. The molecule has 0 saturated heterocycles. The van der Waals surface area contributed by atoms with E-state index in [1.807, 2.05) is 0 Å². The molecule has 0 atom stereocenters. The van der Waals surface area contributed by atoms with Crippen LogP contribution in [-0.2, 0) is 0 Å². The molecule has 0 saturated carbocycles. The zero-order valence-electron chi connectivity index (χ0n) is 5.63. The molecule has 1 aromatic heterocycles. The summed E-state index contributed by atoms with van der Waals surface area (Å²) >= 11 is 0. The van der Waals surface area contributed by atoms with Crippen molar-refractivity contribution < 1.29 is 23.2 Å². The van der Waals surface area contributed by atoms with E-state index in [1.165, 1.54) is 0 Å². The van der Waals surface area contributed by atoms with Crippen LogP contribution in [-0.4, -0.2) is 22.2 Å². The van der Waals surface area contributed by atoms with Gasteiger partial charge in [0.1, 0.15) is 0 Å². The maximum atomic E-state index is 12.3. The average molecular weight is 177 g/mol. The van der Waals surface area contributed by atoms with E-state index >= 15 is 0 Å². The number of hydrogen-bond donors (Lipinski definition) is 2. The number of halogens is 3. The monoisotopic (exact) mass is 177 g/mol. The highest BCUT2D eigenvalue weighted by Crippen LogP contribution is 2.04. The lowest BCUT2D eigenvalue weighted by atomic mass is 9.86. The lowest BCUT2D eigenvalue weighted by Crippen LogP contribution is -2.34. The summed E-state index contributed by atoms with van der Waals surface area (Å²) < 4.78 is 36.8. The third-order valence-corrected chi connectivity index (χ3v) is 1.16. The summed E-state index contributed by atoms with van der Waals surface area (Å²) in [5.41, 5.74) is -0.675. The molecular weight excluding hydrogens is 174 g/mol. The van der Waals surface area contributed by atoms with Crippen LogP contribution in [0.25, 0.3) is 0 Å². The summed E-state index contributed by atoms with van der Waals surface area (Å²) in [6.45, 7) is 0. The molecule has 2 N–H and O–H groups in total. The van der Waals surface area contributed by atoms with Crippen LogP contribution in [0.4, 0.5) is 13.2 Å². The molecule has 0 aromatic carbocycles. The first-order valence-electron chi connectivity index (χ1n) is 2.90. The Hall–Kier alpha value is -1.08. The van der Waals surface area contributed by atoms with Gasteiger partial charge in [-0.2, -0.15) is 8.78 Å². The predicted molar refractivity (Wildman–Crippen MR) is 33.9 cm³/mol. The Balaban J connectivity index is 3.21. The molecular formula is C5H3BF3NO2. The Bertz CT molecular complexity index is 284. The van der Waals surface area contributed by atoms with E-state index in [2.05, 4.69) is 4.98 Å². The Labute approximate surface area is 65.6 Å². The smallest absolute Gasteiger partial charge is 0.422 e. The largest absolute Gasteiger partial charge is 0.508 e. The van der Waals surface area contributed by atoms with E-state index in [-0.39, 0.29) is 0 Å². The molecule has 0 aliphatic carbocycles. The van der Waals surface area contributed by atoms with Gasteiger partial charge in [-0.3, -0.25) is 0 Å². The normalized spacial score (nSPS) is 10.1. The van der Waals surface area contributed by atoms with E-state index < -0.39 is 30.3 Å². The third-order valence-electron chi connectivity index (χ3n) is 1.16. The zero-order chi connectivity index (χ0) is 9.30. The zero-order valence-corrected chi connectivity index (χ0v) is 5.63. The molecule has 0 aliphatic rings. The Morgan fingerprint density at radius 1 is 1.25 bits per heavy atom. The average Bonchev–Trinajstić information content (AvgIpc) is 1.99. The minimum atomic E-state index is -2.12. The van der Waals surface area contributed by atoms with Crippen molar-refractivity contribution in [3.05, 3.63) is 23.6 Å². The number of nitrogens with zero attached hydrogens (tertiary/aromatic N) is 1. The minimum Gasteiger partial charge on any atom is -0.422 e. The third kappa shape index (κ3) is 1.57. The highest BCUT2D eigenvalue weighted by Gasteiger charge is 2.19. The van der Waals surface area contributed by atoms with Crippen LogP contribution >= 0.6 is 0 Å². The number of hydrogen-bond acceptors (Lipinski definition) is 3. The van der Waals surface area contributed by atoms with Crippen LogP contribution in [0.3, 0.4) is 0 Å². The number of pyridine rings is 1. The topological polar surface area (TPSA) is 53.4 Å². The van der Waals surface area contributed by atoms with Gasteiger partial charge in [0.15, 0.2) is 5.82 Å². The molecule has 64 valence electrons. The van der Waals surface area contributed by atoms with Gasteiger partial charge >= 0.3 is 7.12 Å². The van der Waals surface area contributed by atoms with Gasteiger partial charge in [0.05, 0.1) is 5.59 Å². The molecule has 1 aromatic rings. The van der Waals surface area contributed by atoms with Crippen molar-refractivity contribution in [2.75, 3.05) is 0 Å². The molecule has 0 bridgehead atoms. The van der Waals surface area contributed by atoms with Gasteiger partial charge in [-0.05, 0) is 6.07 Å². The van der Waals surface area contributed by atoms with E-state index in [1.54, 1.807) is 0 Å². The van der Waals surface area contributed by atoms with Gasteiger partial charge in [-0.15, -0.1) is 0 Å². The predicted octanol–water partition coefficient (Wildman–Crippen LogP) is -0.821. The van der Waals surface area contributed by atoms with Crippen LogP contribution in [0.2, 0.25) is 0 Å². The molecule has 12 heavy (non-hydrogen) atoms. The molecule has 1 heterocycles. The number of aromatic nitrogens is 1. The molecule has 0 radical (unpaired) electrons. The van der Waals surface area contributed by atoms with Crippen molar-refractivity contribution in [2.24, 2.45) is 0 Å². The molecule has 0 unspecified atom stereocenters. The molecule has 0 fully saturated rings. The fourth-order valence-electron chi connectivity index (χ4n) is 0.619. The van der Waals surface area contributed by atoms with Crippen molar-refractivity contribution in [1.29, 1.82) is 0 Å². The van der Waals surface area contributed by atoms with Crippen LogP contribution in [0.15, 0.2) is 6.07 Å². The summed E-state index contributed by atoms with van der Waals surface area (Å²) in [6.07, 6.45) is 0. The second-order valence-electron chi connectivity index (χ2n) is 2.01. The van der Waals surface area contributed by atoms with Crippen LogP contribution < -0.4 is 5.59 Å².